The highest BCUT2D eigenvalue weighted by atomic mass is 32.1. The van der Waals surface area contributed by atoms with Crippen molar-refractivity contribution in [2.75, 3.05) is 0 Å². The number of nitriles is 1. The second kappa shape index (κ2) is 5.43. The molecule has 0 bridgehead atoms. The van der Waals surface area contributed by atoms with Gasteiger partial charge in [-0.05, 0) is 24.3 Å². The van der Waals surface area contributed by atoms with Gasteiger partial charge in [-0.15, -0.1) is 11.3 Å². The molecule has 21 heavy (non-hydrogen) atoms. The summed E-state index contributed by atoms with van der Waals surface area (Å²) in [7, 11) is 0. The summed E-state index contributed by atoms with van der Waals surface area (Å²) in [5.74, 6) is -1.26. The minimum Gasteiger partial charge on any atom is -0.236 e. The minimum atomic E-state index is -0.629. The van der Waals surface area contributed by atoms with Crippen molar-refractivity contribution in [2.24, 2.45) is 0 Å². The summed E-state index contributed by atoms with van der Waals surface area (Å²) in [5.41, 5.74) is 1.87. The van der Waals surface area contributed by atoms with Crippen LogP contribution in [0.2, 0.25) is 0 Å². The first-order chi connectivity index (χ1) is 10.2. The number of hydrogen-bond donors (Lipinski definition) is 0. The Morgan fingerprint density at radius 3 is 2.29 bits per heavy atom. The number of nitrogens with zero attached hydrogens (tertiary/aromatic N) is 2. The van der Waals surface area contributed by atoms with E-state index in [9.17, 15) is 8.78 Å². The van der Waals surface area contributed by atoms with Crippen molar-refractivity contribution in [1.82, 2.24) is 4.98 Å². The van der Waals surface area contributed by atoms with Crippen LogP contribution < -0.4 is 0 Å². The molecule has 0 fully saturated rings. The maximum atomic E-state index is 13.7. The molecule has 0 radical (unpaired) electrons. The highest BCUT2D eigenvalue weighted by Crippen LogP contribution is 2.32. The lowest BCUT2D eigenvalue weighted by atomic mass is 10.1. The summed E-state index contributed by atoms with van der Waals surface area (Å²) in [6.45, 7) is 0. The third-order valence-electron chi connectivity index (χ3n) is 2.99. The van der Waals surface area contributed by atoms with E-state index in [1.165, 1.54) is 29.5 Å². The predicted octanol–water partition coefficient (Wildman–Crippen LogP) is 4.63. The van der Waals surface area contributed by atoms with E-state index in [0.29, 0.717) is 16.3 Å². The summed E-state index contributed by atoms with van der Waals surface area (Å²) in [5, 5.41) is 10.8. The van der Waals surface area contributed by atoms with E-state index in [2.05, 4.69) is 4.98 Å². The molecule has 1 aromatic heterocycles. The maximum Gasteiger partial charge on any atom is 0.136 e. The monoisotopic (exact) mass is 298 g/mol. The fourth-order valence-corrected chi connectivity index (χ4v) is 2.81. The average molecular weight is 298 g/mol. The third-order valence-corrected chi connectivity index (χ3v) is 3.85. The molecule has 0 aliphatic rings. The molecule has 0 unspecified atom stereocenters. The van der Waals surface area contributed by atoms with Gasteiger partial charge in [-0.25, -0.2) is 13.8 Å². The Balaban J connectivity index is 2.02. The molecular weight excluding hydrogens is 290 g/mol. The molecule has 3 rings (SSSR count). The van der Waals surface area contributed by atoms with Crippen LogP contribution in [0, 0.1) is 23.0 Å². The van der Waals surface area contributed by atoms with Gasteiger partial charge in [0.15, 0.2) is 0 Å². The first-order valence-electron chi connectivity index (χ1n) is 6.09. The van der Waals surface area contributed by atoms with Gasteiger partial charge in [-0.2, -0.15) is 5.26 Å². The molecule has 2 aromatic carbocycles. The molecule has 0 N–H and O–H groups in total. The van der Waals surface area contributed by atoms with E-state index in [0.717, 1.165) is 5.56 Å². The van der Waals surface area contributed by atoms with E-state index >= 15 is 0 Å². The van der Waals surface area contributed by atoms with E-state index in [1.54, 1.807) is 29.6 Å². The van der Waals surface area contributed by atoms with E-state index in [1.807, 2.05) is 6.07 Å². The smallest absolute Gasteiger partial charge is 0.136 e. The maximum absolute atomic E-state index is 13.7. The number of rotatable bonds is 2. The average Bonchev–Trinajstić information content (AvgIpc) is 2.97. The summed E-state index contributed by atoms with van der Waals surface area (Å²) in [6, 6.07) is 12.7. The van der Waals surface area contributed by atoms with E-state index < -0.39 is 11.6 Å². The number of benzene rings is 2. The summed E-state index contributed by atoms with van der Waals surface area (Å²) < 4.78 is 27.5. The van der Waals surface area contributed by atoms with Crippen molar-refractivity contribution in [3.05, 3.63) is 65.0 Å². The zero-order valence-corrected chi connectivity index (χ0v) is 11.5. The topological polar surface area (TPSA) is 36.7 Å². The van der Waals surface area contributed by atoms with Crippen molar-refractivity contribution in [3.8, 4) is 27.9 Å². The zero-order chi connectivity index (χ0) is 14.8. The van der Waals surface area contributed by atoms with Crippen LogP contribution in [-0.4, -0.2) is 4.98 Å². The van der Waals surface area contributed by atoms with Crippen LogP contribution in [0.15, 0.2) is 47.8 Å². The van der Waals surface area contributed by atoms with E-state index in [4.69, 9.17) is 5.26 Å². The highest BCUT2D eigenvalue weighted by molar-refractivity contribution is 7.13. The van der Waals surface area contributed by atoms with Crippen molar-refractivity contribution in [1.29, 1.82) is 5.26 Å². The molecule has 0 amide bonds. The Kier molecular flexibility index (Phi) is 3.46. The van der Waals surface area contributed by atoms with Crippen LogP contribution in [0.5, 0.6) is 0 Å². The lowest BCUT2D eigenvalue weighted by Crippen LogP contribution is -1.89. The molecule has 3 aromatic rings. The zero-order valence-electron chi connectivity index (χ0n) is 10.7. The standard InChI is InChI=1S/C16H8F2N2S/c17-12-2-1-3-13(18)15(12)16-20-14(9-21-16)11-6-4-10(8-19)5-7-11/h1-7,9H. The minimum absolute atomic E-state index is 0.109. The summed E-state index contributed by atoms with van der Waals surface area (Å²) in [6.07, 6.45) is 0. The van der Waals surface area contributed by atoms with Crippen molar-refractivity contribution in [3.63, 3.8) is 0 Å². The largest absolute Gasteiger partial charge is 0.236 e. The van der Waals surface area contributed by atoms with Gasteiger partial charge >= 0.3 is 0 Å². The van der Waals surface area contributed by atoms with Crippen LogP contribution in [0.4, 0.5) is 8.78 Å². The Bertz CT molecular complexity index is 812. The number of halogens is 2. The summed E-state index contributed by atoms with van der Waals surface area (Å²) >= 11 is 1.18. The number of thiazole rings is 1. The molecule has 0 spiro atoms. The molecule has 1 heterocycles. The van der Waals surface area contributed by atoms with E-state index in [-0.39, 0.29) is 5.56 Å². The first-order valence-corrected chi connectivity index (χ1v) is 6.97. The number of hydrogen-bond acceptors (Lipinski definition) is 3. The fraction of sp³-hybridized carbons (Fsp3) is 0. The molecule has 0 atom stereocenters. The van der Waals surface area contributed by atoms with Gasteiger partial charge in [0.05, 0.1) is 22.9 Å². The Morgan fingerprint density at radius 2 is 1.67 bits per heavy atom. The molecule has 102 valence electrons. The van der Waals surface area contributed by atoms with Crippen molar-refractivity contribution in [2.45, 2.75) is 0 Å². The van der Waals surface area contributed by atoms with Gasteiger partial charge in [0.1, 0.15) is 16.6 Å². The van der Waals surface area contributed by atoms with Crippen molar-refractivity contribution < 1.29 is 8.78 Å². The molecule has 0 saturated carbocycles. The van der Waals surface area contributed by atoms with Gasteiger partial charge in [-0.1, -0.05) is 18.2 Å². The Hall–Kier alpha value is -2.58. The second-order valence-electron chi connectivity index (χ2n) is 4.32. The Labute approximate surface area is 123 Å². The Morgan fingerprint density at radius 1 is 1.00 bits per heavy atom. The lowest BCUT2D eigenvalue weighted by Gasteiger charge is -2.00. The summed E-state index contributed by atoms with van der Waals surface area (Å²) in [4.78, 5) is 4.28. The van der Waals surface area contributed by atoms with Gasteiger partial charge in [0.25, 0.3) is 0 Å². The molecule has 2 nitrogen and oxygen atoms in total. The van der Waals surface area contributed by atoms with Crippen LogP contribution in [0.3, 0.4) is 0 Å². The number of aromatic nitrogens is 1. The lowest BCUT2D eigenvalue weighted by molar-refractivity contribution is 0.589. The van der Waals surface area contributed by atoms with Gasteiger partial charge in [0.2, 0.25) is 0 Å². The van der Waals surface area contributed by atoms with Crippen LogP contribution >= 0.6 is 11.3 Å². The molecule has 0 aliphatic heterocycles. The normalized spacial score (nSPS) is 10.3. The van der Waals surface area contributed by atoms with Gasteiger partial charge < -0.3 is 0 Å². The van der Waals surface area contributed by atoms with Gasteiger partial charge in [-0.3, -0.25) is 0 Å². The third kappa shape index (κ3) is 2.54. The van der Waals surface area contributed by atoms with Crippen LogP contribution in [0.1, 0.15) is 5.56 Å². The predicted molar refractivity (Wildman–Crippen MR) is 77.6 cm³/mol. The molecule has 5 heteroatoms. The molecule has 0 aliphatic carbocycles. The second-order valence-corrected chi connectivity index (χ2v) is 5.18. The van der Waals surface area contributed by atoms with Crippen molar-refractivity contribution >= 4 is 11.3 Å². The first kappa shape index (κ1) is 13.4. The van der Waals surface area contributed by atoms with Crippen LogP contribution in [-0.2, 0) is 0 Å². The SMILES string of the molecule is N#Cc1ccc(-c2csc(-c3c(F)cccc3F)n2)cc1. The fourth-order valence-electron chi connectivity index (χ4n) is 1.94. The highest BCUT2D eigenvalue weighted by Gasteiger charge is 2.15. The quantitative estimate of drug-likeness (QED) is 0.691. The van der Waals surface area contributed by atoms with Gasteiger partial charge in [0, 0.05) is 10.9 Å². The van der Waals surface area contributed by atoms with Crippen LogP contribution in [0.25, 0.3) is 21.8 Å². The molecular formula is C16H8F2N2S. The molecule has 0 saturated heterocycles.